The Bertz CT molecular complexity index is 286. The van der Waals surface area contributed by atoms with Crippen molar-refractivity contribution >= 4 is 38.4 Å². The highest BCUT2D eigenvalue weighted by molar-refractivity contribution is 9.10. The van der Waals surface area contributed by atoms with Crippen LogP contribution < -0.4 is 5.73 Å². The number of carbonyl (C=O) groups is 1. The number of rotatable bonds is 2. The average molecular weight is 237 g/mol. The first-order chi connectivity index (χ1) is 5.09. The number of aliphatic carboxylic acids is 1. The molecule has 4 nitrogen and oxygen atoms in total. The van der Waals surface area contributed by atoms with Crippen LogP contribution in [0.15, 0.2) is 4.60 Å². The summed E-state index contributed by atoms with van der Waals surface area (Å²) in [7, 11) is 0. The molecule has 0 aliphatic rings. The van der Waals surface area contributed by atoms with Crippen molar-refractivity contribution < 1.29 is 9.90 Å². The minimum Gasteiger partial charge on any atom is -0.481 e. The van der Waals surface area contributed by atoms with Crippen LogP contribution in [0.4, 0.5) is 5.13 Å². The summed E-state index contributed by atoms with van der Waals surface area (Å²) in [6.45, 7) is 0. The van der Waals surface area contributed by atoms with Crippen LogP contribution in [0, 0.1) is 0 Å². The van der Waals surface area contributed by atoms with Crippen LogP contribution in [0.1, 0.15) is 4.88 Å². The van der Waals surface area contributed by atoms with Crippen LogP contribution in [-0.2, 0) is 11.2 Å². The van der Waals surface area contributed by atoms with E-state index in [0.717, 1.165) is 0 Å². The van der Waals surface area contributed by atoms with E-state index in [4.69, 9.17) is 10.8 Å². The monoisotopic (exact) mass is 236 g/mol. The van der Waals surface area contributed by atoms with E-state index in [9.17, 15) is 4.79 Å². The summed E-state index contributed by atoms with van der Waals surface area (Å²) in [4.78, 5) is 14.7. The van der Waals surface area contributed by atoms with Crippen molar-refractivity contribution in [2.24, 2.45) is 0 Å². The summed E-state index contributed by atoms with van der Waals surface area (Å²) in [5.41, 5.74) is 5.34. The van der Waals surface area contributed by atoms with E-state index in [2.05, 4.69) is 20.9 Å². The molecule has 0 radical (unpaired) electrons. The molecular formula is C5H5BrN2O2S. The highest BCUT2D eigenvalue weighted by atomic mass is 79.9. The molecule has 0 spiro atoms. The molecule has 6 heteroatoms. The Kier molecular flexibility index (Phi) is 2.45. The van der Waals surface area contributed by atoms with E-state index >= 15 is 0 Å². The number of halogens is 1. The number of nitrogens with zero attached hydrogens (tertiary/aromatic N) is 1. The van der Waals surface area contributed by atoms with Crippen LogP contribution in [0.5, 0.6) is 0 Å². The first-order valence-corrected chi connectivity index (χ1v) is 4.33. The molecule has 0 aliphatic heterocycles. The number of hydrogen-bond acceptors (Lipinski definition) is 4. The largest absolute Gasteiger partial charge is 0.481 e. The normalized spacial score (nSPS) is 9.91. The fraction of sp³-hybridized carbons (Fsp3) is 0.200. The number of aromatic nitrogens is 1. The van der Waals surface area contributed by atoms with Crippen LogP contribution in [0.3, 0.4) is 0 Å². The Hall–Kier alpha value is -0.620. The van der Waals surface area contributed by atoms with E-state index in [-0.39, 0.29) is 6.42 Å². The second kappa shape index (κ2) is 3.19. The maximum absolute atomic E-state index is 10.2. The maximum Gasteiger partial charge on any atom is 0.308 e. The Balaban J connectivity index is 2.85. The summed E-state index contributed by atoms with van der Waals surface area (Å²) in [6.07, 6.45) is -0.0323. The third kappa shape index (κ3) is 2.16. The number of carboxylic acids is 1. The third-order valence-electron chi connectivity index (χ3n) is 0.978. The molecule has 0 bridgehead atoms. The number of anilines is 1. The predicted octanol–water partition coefficient (Wildman–Crippen LogP) is 1.11. The van der Waals surface area contributed by atoms with Crippen molar-refractivity contribution in [2.45, 2.75) is 6.42 Å². The molecule has 1 aromatic heterocycles. The van der Waals surface area contributed by atoms with Crippen molar-refractivity contribution in [3.63, 3.8) is 0 Å². The molecule has 0 saturated carbocycles. The number of nitrogens with two attached hydrogens (primary N) is 1. The van der Waals surface area contributed by atoms with Gasteiger partial charge in [0.15, 0.2) is 5.13 Å². The second-order valence-corrected chi connectivity index (χ2v) is 3.70. The number of thiazole rings is 1. The highest BCUT2D eigenvalue weighted by Gasteiger charge is 2.09. The smallest absolute Gasteiger partial charge is 0.308 e. The van der Waals surface area contributed by atoms with Crippen molar-refractivity contribution in [2.75, 3.05) is 5.73 Å². The lowest BCUT2D eigenvalue weighted by molar-refractivity contribution is -0.136. The molecule has 11 heavy (non-hydrogen) atoms. The number of nitrogen functional groups attached to an aromatic ring is 1. The van der Waals surface area contributed by atoms with Gasteiger partial charge in [-0.3, -0.25) is 4.79 Å². The van der Waals surface area contributed by atoms with Gasteiger partial charge < -0.3 is 10.8 Å². The first kappa shape index (κ1) is 8.48. The van der Waals surface area contributed by atoms with Crippen molar-refractivity contribution in [3.05, 3.63) is 9.48 Å². The van der Waals surface area contributed by atoms with Gasteiger partial charge in [-0.2, -0.15) is 0 Å². The van der Waals surface area contributed by atoms with Gasteiger partial charge in [-0.1, -0.05) is 0 Å². The molecule has 0 fully saturated rings. The van der Waals surface area contributed by atoms with Crippen molar-refractivity contribution in [1.82, 2.24) is 4.98 Å². The average Bonchev–Trinajstić information content (AvgIpc) is 2.09. The van der Waals surface area contributed by atoms with Gasteiger partial charge in [-0.05, 0) is 15.9 Å². The van der Waals surface area contributed by atoms with Gasteiger partial charge in [0.05, 0.1) is 11.3 Å². The molecule has 60 valence electrons. The van der Waals surface area contributed by atoms with E-state index in [1.165, 1.54) is 11.3 Å². The second-order valence-electron chi connectivity index (χ2n) is 1.84. The summed E-state index contributed by atoms with van der Waals surface area (Å²) < 4.78 is 0.530. The van der Waals surface area contributed by atoms with Gasteiger partial charge in [0.1, 0.15) is 4.60 Å². The maximum atomic E-state index is 10.2. The Morgan fingerprint density at radius 1 is 1.82 bits per heavy atom. The van der Waals surface area contributed by atoms with Crippen molar-refractivity contribution in [1.29, 1.82) is 0 Å². The van der Waals surface area contributed by atoms with Gasteiger partial charge in [0.2, 0.25) is 0 Å². The predicted molar refractivity (Wildman–Crippen MR) is 45.6 cm³/mol. The molecule has 0 unspecified atom stereocenters. The van der Waals surface area contributed by atoms with Gasteiger partial charge in [0, 0.05) is 0 Å². The van der Waals surface area contributed by atoms with Gasteiger partial charge in [-0.15, -0.1) is 11.3 Å². The van der Waals surface area contributed by atoms with Crippen molar-refractivity contribution in [3.8, 4) is 0 Å². The first-order valence-electron chi connectivity index (χ1n) is 2.72. The minimum atomic E-state index is -0.880. The SMILES string of the molecule is Nc1nc(Br)c(CC(=O)O)s1. The molecule has 0 amide bonds. The minimum absolute atomic E-state index is 0.0323. The molecule has 1 rings (SSSR count). The molecule has 0 saturated heterocycles. The fourth-order valence-corrected chi connectivity index (χ4v) is 2.00. The molecule has 1 heterocycles. The van der Waals surface area contributed by atoms with Gasteiger partial charge >= 0.3 is 5.97 Å². The molecular weight excluding hydrogens is 232 g/mol. The van der Waals surface area contributed by atoms with Crippen LogP contribution in [0.2, 0.25) is 0 Å². The lowest BCUT2D eigenvalue weighted by Crippen LogP contribution is -1.98. The summed E-state index contributed by atoms with van der Waals surface area (Å²) in [5.74, 6) is -0.880. The molecule has 0 atom stereocenters. The van der Waals surface area contributed by atoms with Crippen LogP contribution >= 0.6 is 27.3 Å². The fourth-order valence-electron chi connectivity index (χ4n) is 0.597. The van der Waals surface area contributed by atoms with E-state index in [1.54, 1.807) is 0 Å². The van der Waals surface area contributed by atoms with E-state index in [1.807, 2.05) is 0 Å². The Morgan fingerprint density at radius 2 is 2.45 bits per heavy atom. The zero-order valence-electron chi connectivity index (χ0n) is 5.37. The van der Waals surface area contributed by atoms with E-state index < -0.39 is 5.97 Å². The standard InChI is InChI=1S/C5H5BrN2O2S/c6-4-2(1-3(9)10)11-5(7)8-4/h1H2,(H2,7,8)(H,9,10). The Labute approximate surface area is 75.2 Å². The van der Waals surface area contributed by atoms with Crippen LogP contribution in [0.25, 0.3) is 0 Å². The highest BCUT2D eigenvalue weighted by Crippen LogP contribution is 2.25. The quantitative estimate of drug-likeness (QED) is 0.807. The lowest BCUT2D eigenvalue weighted by atomic mass is 10.4. The summed E-state index contributed by atoms with van der Waals surface area (Å²) in [6, 6.07) is 0. The summed E-state index contributed by atoms with van der Waals surface area (Å²) >= 11 is 4.28. The number of hydrogen-bond donors (Lipinski definition) is 2. The Morgan fingerprint density at radius 3 is 2.82 bits per heavy atom. The molecule has 0 aromatic carbocycles. The third-order valence-corrected chi connectivity index (χ3v) is 2.78. The van der Waals surface area contributed by atoms with Gasteiger partial charge in [0.25, 0.3) is 0 Å². The topological polar surface area (TPSA) is 76.2 Å². The zero-order chi connectivity index (χ0) is 8.43. The van der Waals surface area contributed by atoms with Crippen LogP contribution in [-0.4, -0.2) is 16.1 Å². The van der Waals surface area contributed by atoms with Gasteiger partial charge in [-0.25, -0.2) is 4.98 Å². The molecule has 3 N–H and O–H groups in total. The van der Waals surface area contributed by atoms with E-state index in [0.29, 0.717) is 14.6 Å². The lowest BCUT2D eigenvalue weighted by Gasteiger charge is -1.87. The summed E-state index contributed by atoms with van der Waals surface area (Å²) in [5, 5.41) is 8.80. The molecule has 1 aromatic rings. The molecule has 0 aliphatic carbocycles. The number of carboxylic acid groups (broad SMARTS) is 1. The zero-order valence-corrected chi connectivity index (χ0v) is 7.78.